The average molecular weight is 400 g/mol. The largest absolute Gasteiger partial charge is 0.329 e. The summed E-state index contributed by atoms with van der Waals surface area (Å²) < 4.78 is 1.75. The Kier molecular flexibility index (Phi) is 5.39. The molecule has 7 heteroatoms. The van der Waals surface area contributed by atoms with Gasteiger partial charge in [0.2, 0.25) is 0 Å². The molecule has 0 spiro atoms. The van der Waals surface area contributed by atoms with E-state index in [1.165, 1.54) is 17.7 Å². The van der Waals surface area contributed by atoms with Gasteiger partial charge in [-0.2, -0.15) is 5.26 Å². The summed E-state index contributed by atoms with van der Waals surface area (Å²) >= 11 is 3.18. The predicted molar refractivity (Wildman–Crippen MR) is 110 cm³/mol. The second-order valence-electron chi connectivity index (χ2n) is 7.31. The van der Waals surface area contributed by atoms with Gasteiger partial charge in [0.15, 0.2) is 5.82 Å². The lowest BCUT2D eigenvalue weighted by Gasteiger charge is -2.27. The van der Waals surface area contributed by atoms with Crippen LogP contribution in [0.4, 0.5) is 0 Å². The number of piperidine rings is 1. The van der Waals surface area contributed by atoms with Crippen LogP contribution < -0.4 is 10.5 Å². The zero-order chi connectivity index (χ0) is 18.8. The Hall–Kier alpha value is -2.01. The van der Waals surface area contributed by atoms with Crippen LogP contribution in [-0.4, -0.2) is 22.6 Å². The maximum atomic E-state index is 13.3. The van der Waals surface area contributed by atoms with Crippen molar-refractivity contribution in [2.24, 2.45) is 5.92 Å². The van der Waals surface area contributed by atoms with Gasteiger partial charge in [-0.1, -0.05) is 13.0 Å². The highest BCUT2D eigenvalue weighted by molar-refractivity contribution is 7.18. The Morgan fingerprint density at radius 3 is 2.89 bits per heavy atom. The molecule has 0 aromatic carbocycles. The second kappa shape index (κ2) is 7.93. The van der Waals surface area contributed by atoms with E-state index in [0.29, 0.717) is 18.4 Å². The molecule has 27 heavy (non-hydrogen) atoms. The number of nitrogens with one attached hydrogen (secondary N) is 1. The summed E-state index contributed by atoms with van der Waals surface area (Å²) in [6.45, 7) is 5.73. The molecule has 0 amide bonds. The van der Waals surface area contributed by atoms with Crippen molar-refractivity contribution in [3.63, 3.8) is 0 Å². The van der Waals surface area contributed by atoms with E-state index in [0.717, 1.165) is 46.6 Å². The Labute approximate surface area is 166 Å². The Bertz CT molecular complexity index is 1020. The van der Waals surface area contributed by atoms with Crippen molar-refractivity contribution in [3.05, 3.63) is 39.1 Å². The van der Waals surface area contributed by atoms with Crippen LogP contribution >= 0.6 is 22.7 Å². The molecule has 1 aliphatic heterocycles. The van der Waals surface area contributed by atoms with Crippen LogP contribution in [0.2, 0.25) is 0 Å². The van der Waals surface area contributed by atoms with Gasteiger partial charge in [0.1, 0.15) is 11.4 Å². The Morgan fingerprint density at radius 1 is 1.37 bits per heavy atom. The van der Waals surface area contributed by atoms with Crippen molar-refractivity contribution in [2.75, 3.05) is 13.1 Å². The molecule has 0 atom stereocenters. The first kappa shape index (κ1) is 18.4. The second-order valence-corrected chi connectivity index (χ2v) is 9.11. The lowest BCUT2D eigenvalue weighted by molar-refractivity contribution is -0.920. The molecule has 0 radical (unpaired) electrons. The van der Waals surface area contributed by atoms with Crippen molar-refractivity contribution < 1.29 is 4.90 Å². The van der Waals surface area contributed by atoms with Gasteiger partial charge in [0, 0.05) is 22.4 Å². The molecule has 1 saturated heterocycles. The molecule has 1 fully saturated rings. The summed E-state index contributed by atoms with van der Waals surface area (Å²) in [5, 5.41) is 13.8. The van der Waals surface area contributed by atoms with Crippen LogP contribution in [0.25, 0.3) is 20.7 Å². The summed E-state index contributed by atoms with van der Waals surface area (Å²) in [5.41, 5.74) is 0.971. The first-order valence-corrected chi connectivity index (χ1v) is 11.2. The first-order valence-electron chi connectivity index (χ1n) is 9.42. The fraction of sp³-hybridized carbons (Fsp3) is 0.450. The number of hydrogen-bond acceptors (Lipinski definition) is 5. The topological polar surface area (TPSA) is 63.1 Å². The summed E-state index contributed by atoms with van der Waals surface area (Å²) in [6, 6.07) is 6.21. The molecule has 3 aromatic heterocycles. The van der Waals surface area contributed by atoms with E-state index in [1.54, 1.807) is 27.2 Å². The van der Waals surface area contributed by atoms with Crippen LogP contribution in [0, 0.1) is 17.2 Å². The van der Waals surface area contributed by atoms with E-state index in [9.17, 15) is 4.79 Å². The number of likely N-dealkylation sites (tertiary alicyclic amines) is 1. The average Bonchev–Trinajstić information content (AvgIpc) is 3.32. The fourth-order valence-electron chi connectivity index (χ4n) is 3.78. The molecular weight excluding hydrogens is 376 g/mol. The minimum absolute atomic E-state index is 0.000299. The van der Waals surface area contributed by atoms with Crippen LogP contribution in [0.3, 0.4) is 0 Å². The number of hydrogen-bond donors (Lipinski definition) is 1. The van der Waals surface area contributed by atoms with Gasteiger partial charge in [-0.15, -0.1) is 22.7 Å². The molecule has 3 aromatic rings. The molecule has 4 heterocycles. The number of nitriles is 1. The highest BCUT2D eigenvalue weighted by atomic mass is 32.1. The third-order valence-electron chi connectivity index (χ3n) is 5.40. The molecular formula is C20H23N4OS2+. The predicted octanol–water partition coefficient (Wildman–Crippen LogP) is 2.91. The smallest absolute Gasteiger partial charge is 0.263 e. The number of nitrogens with zero attached hydrogens (tertiary/aromatic N) is 3. The van der Waals surface area contributed by atoms with Crippen LogP contribution in [0.1, 0.15) is 32.0 Å². The maximum absolute atomic E-state index is 13.3. The lowest BCUT2D eigenvalue weighted by atomic mass is 9.99. The van der Waals surface area contributed by atoms with Gasteiger partial charge in [0.25, 0.3) is 5.56 Å². The summed E-state index contributed by atoms with van der Waals surface area (Å²) in [6.07, 6.45) is 2.77. The zero-order valence-corrected chi connectivity index (χ0v) is 17.0. The third-order valence-corrected chi connectivity index (χ3v) is 7.17. The molecule has 0 unspecified atom stereocenters. The van der Waals surface area contributed by atoms with E-state index < -0.39 is 0 Å². The standard InChI is InChI=1S/C20H22N4OS2/c1-14-5-9-23(10-6-14)12-17-22-19-18(20(25)24(17)8-3-7-21)15(13-27-19)16-4-2-11-26-16/h2,4,11,13-14H,3,5-6,8-10,12H2,1H3/p+1. The van der Waals surface area contributed by atoms with Crippen molar-refractivity contribution in [3.8, 4) is 16.5 Å². The van der Waals surface area contributed by atoms with E-state index >= 15 is 0 Å². The minimum atomic E-state index is -0.000299. The van der Waals surface area contributed by atoms with E-state index in [2.05, 4.69) is 13.0 Å². The zero-order valence-electron chi connectivity index (χ0n) is 15.4. The van der Waals surface area contributed by atoms with E-state index in [4.69, 9.17) is 10.2 Å². The first-order chi connectivity index (χ1) is 13.2. The summed E-state index contributed by atoms with van der Waals surface area (Å²) in [4.78, 5) is 21.6. The van der Waals surface area contributed by atoms with Crippen molar-refractivity contribution in [2.45, 2.75) is 39.3 Å². The summed E-state index contributed by atoms with van der Waals surface area (Å²) in [7, 11) is 0. The highest BCUT2D eigenvalue weighted by Gasteiger charge is 2.23. The minimum Gasteiger partial charge on any atom is -0.329 e. The van der Waals surface area contributed by atoms with Gasteiger partial charge in [-0.25, -0.2) is 4.98 Å². The Morgan fingerprint density at radius 2 is 2.19 bits per heavy atom. The number of aromatic nitrogens is 2. The van der Waals surface area contributed by atoms with Gasteiger partial charge in [0.05, 0.1) is 31.0 Å². The molecule has 0 aliphatic carbocycles. The molecule has 0 bridgehead atoms. The fourth-order valence-corrected chi connectivity index (χ4v) is 5.55. The van der Waals surface area contributed by atoms with E-state index in [-0.39, 0.29) is 5.56 Å². The van der Waals surface area contributed by atoms with Crippen LogP contribution in [-0.2, 0) is 13.1 Å². The van der Waals surface area contributed by atoms with Crippen LogP contribution in [0.5, 0.6) is 0 Å². The normalized spacial score (nSPS) is 20.0. The van der Waals surface area contributed by atoms with E-state index in [1.807, 2.05) is 22.9 Å². The quantitative estimate of drug-likeness (QED) is 0.718. The number of quaternary nitrogens is 1. The van der Waals surface area contributed by atoms with Crippen molar-refractivity contribution in [1.29, 1.82) is 5.26 Å². The highest BCUT2D eigenvalue weighted by Crippen LogP contribution is 2.33. The van der Waals surface area contributed by atoms with Gasteiger partial charge >= 0.3 is 0 Å². The third kappa shape index (κ3) is 3.70. The van der Waals surface area contributed by atoms with Crippen LogP contribution in [0.15, 0.2) is 27.7 Å². The Balaban J connectivity index is 1.76. The number of fused-ring (bicyclic) bond motifs is 1. The lowest BCUT2D eigenvalue weighted by Crippen LogP contribution is -3.11. The molecule has 140 valence electrons. The number of rotatable bonds is 5. The molecule has 4 rings (SSSR count). The van der Waals surface area contributed by atoms with Gasteiger partial charge in [-0.05, 0) is 30.2 Å². The maximum Gasteiger partial charge on any atom is 0.263 e. The number of thiophene rings is 2. The van der Waals surface area contributed by atoms with Crippen molar-refractivity contribution >= 4 is 32.9 Å². The SMILES string of the molecule is CC1CC[NH+](Cc2nc3scc(-c4cccs4)c3c(=O)n2CCC#N)CC1. The molecule has 1 aliphatic rings. The molecule has 5 nitrogen and oxygen atoms in total. The molecule has 0 saturated carbocycles. The van der Waals surface area contributed by atoms with Gasteiger partial charge in [-0.3, -0.25) is 9.36 Å². The van der Waals surface area contributed by atoms with Crippen molar-refractivity contribution in [1.82, 2.24) is 9.55 Å². The molecule has 1 N–H and O–H groups in total. The van der Waals surface area contributed by atoms with Gasteiger partial charge < -0.3 is 4.90 Å². The monoisotopic (exact) mass is 399 g/mol. The summed E-state index contributed by atoms with van der Waals surface area (Å²) in [5.74, 6) is 1.61.